The van der Waals surface area contributed by atoms with Crippen LogP contribution in [0, 0.1) is 22.6 Å². The first-order valence-corrected chi connectivity index (χ1v) is 8.08. The van der Waals surface area contributed by atoms with Gasteiger partial charge < -0.3 is 0 Å². The molecule has 1 amide bonds. The van der Waals surface area contributed by atoms with Gasteiger partial charge in [-0.25, -0.2) is 9.37 Å². The van der Waals surface area contributed by atoms with Gasteiger partial charge in [-0.15, -0.1) is 0 Å². The number of carbonyl (C=O) groups is 1. The molecule has 0 spiro atoms. The first-order valence-electron chi connectivity index (χ1n) is 8.08. The summed E-state index contributed by atoms with van der Waals surface area (Å²) in [5.41, 5.74) is -1.69. The maximum atomic E-state index is 14.2. The molecule has 1 aromatic carbocycles. The van der Waals surface area contributed by atoms with Crippen LogP contribution in [0.15, 0.2) is 18.7 Å². The number of aromatic nitrogens is 2. The molecule has 9 heteroatoms. The summed E-state index contributed by atoms with van der Waals surface area (Å²) >= 11 is 0. The molecule has 2 rings (SSSR count). The Morgan fingerprint density at radius 3 is 2.52 bits per heavy atom. The highest BCUT2D eigenvalue weighted by Crippen LogP contribution is 2.40. The summed E-state index contributed by atoms with van der Waals surface area (Å²) in [7, 11) is 0. The molecule has 0 unspecified atom stereocenters. The molecule has 0 fully saturated rings. The van der Waals surface area contributed by atoms with Gasteiger partial charge >= 0.3 is 6.18 Å². The Morgan fingerprint density at radius 1 is 1.37 bits per heavy atom. The van der Waals surface area contributed by atoms with E-state index in [1.807, 2.05) is 6.07 Å². The fraction of sp³-hybridized carbons (Fsp3) is 0.389. The van der Waals surface area contributed by atoms with Crippen molar-refractivity contribution in [3.63, 3.8) is 0 Å². The number of alkyl halides is 3. The lowest BCUT2D eigenvalue weighted by molar-refractivity contribution is -0.213. The van der Waals surface area contributed by atoms with Crippen LogP contribution in [0.2, 0.25) is 0 Å². The normalized spacial score (nSPS) is 12.1. The Labute approximate surface area is 153 Å². The minimum atomic E-state index is -4.56. The van der Waals surface area contributed by atoms with Gasteiger partial charge in [-0.3, -0.25) is 14.7 Å². The van der Waals surface area contributed by atoms with E-state index in [0.29, 0.717) is 12.1 Å². The number of nitrogens with zero attached hydrogens (tertiary/aromatic N) is 3. The maximum Gasteiger partial charge on any atom is 0.394 e. The molecule has 27 heavy (non-hydrogen) atoms. The van der Waals surface area contributed by atoms with E-state index in [2.05, 4.69) is 16.9 Å². The number of benzene rings is 1. The SMILES string of the molecule is C=C(CC)n1c(NC(=O)CC(C)(C)C(F)(F)F)nc2c(F)cc(C#N)cc21. The van der Waals surface area contributed by atoms with E-state index in [1.54, 1.807) is 6.92 Å². The van der Waals surface area contributed by atoms with Crippen LogP contribution < -0.4 is 5.32 Å². The second kappa shape index (κ2) is 7.02. The number of amides is 1. The topological polar surface area (TPSA) is 70.7 Å². The number of halogens is 4. The van der Waals surface area contributed by atoms with Crippen molar-refractivity contribution in [3.8, 4) is 6.07 Å². The van der Waals surface area contributed by atoms with E-state index in [4.69, 9.17) is 5.26 Å². The molecule has 1 heterocycles. The monoisotopic (exact) mass is 382 g/mol. The molecule has 0 atom stereocenters. The molecular formula is C18H18F4N4O. The summed E-state index contributed by atoms with van der Waals surface area (Å²) in [6.07, 6.45) is -4.99. The Kier molecular flexibility index (Phi) is 5.31. The fourth-order valence-electron chi connectivity index (χ4n) is 2.43. The minimum absolute atomic E-state index is 0.0427. The van der Waals surface area contributed by atoms with E-state index < -0.39 is 29.7 Å². The van der Waals surface area contributed by atoms with Gasteiger partial charge in [0.05, 0.1) is 22.6 Å². The maximum absolute atomic E-state index is 14.2. The van der Waals surface area contributed by atoms with Gasteiger partial charge in [0.15, 0.2) is 5.82 Å². The molecular weight excluding hydrogens is 364 g/mol. The van der Waals surface area contributed by atoms with E-state index >= 15 is 0 Å². The highest BCUT2D eigenvalue weighted by Gasteiger charge is 2.48. The number of carbonyl (C=O) groups excluding carboxylic acids is 1. The molecule has 0 saturated heterocycles. The van der Waals surface area contributed by atoms with E-state index in [-0.39, 0.29) is 22.5 Å². The van der Waals surface area contributed by atoms with E-state index in [1.165, 1.54) is 10.6 Å². The lowest BCUT2D eigenvalue weighted by Gasteiger charge is -2.26. The molecule has 0 radical (unpaired) electrons. The molecule has 0 bridgehead atoms. The lowest BCUT2D eigenvalue weighted by atomic mass is 9.88. The van der Waals surface area contributed by atoms with Crippen LogP contribution in [-0.4, -0.2) is 21.6 Å². The zero-order chi connectivity index (χ0) is 20.6. The van der Waals surface area contributed by atoms with Crippen LogP contribution in [0.25, 0.3) is 16.7 Å². The number of nitrogens with one attached hydrogen (secondary N) is 1. The third-order valence-electron chi connectivity index (χ3n) is 4.19. The van der Waals surface area contributed by atoms with Gasteiger partial charge in [0.25, 0.3) is 0 Å². The van der Waals surface area contributed by atoms with Crippen molar-refractivity contribution < 1.29 is 22.4 Å². The zero-order valence-corrected chi connectivity index (χ0v) is 15.0. The fourth-order valence-corrected chi connectivity index (χ4v) is 2.43. The minimum Gasteiger partial charge on any atom is -0.296 e. The molecule has 1 aromatic heterocycles. The standard InChI is InChI=1S/C18H18F4N4O/c1-5-10(2)26-13-7-11(9-23)6-12(19)15(13)25-16(26)24-14(27)8-17(3,4)18(20,21)22/h6-7H,2,5,8H2,1,3-4H3,(H,24,25,27). The van der Waals surface area contributed by atoms with Crippen molar-refractivity contribution in [2.24, 2.45) is 5.41 Å². The van der Waals surface area contributed by atoms with Crippen LogP contribution in [0.5, 0.6) is 0 Å². The Bertz CT molecular complexity index is 951. The summed E-state index contributed by atoms with van der Waals surface area (Å²) in [6, 6.07) is 4.19. The number of rotatable bonds is 5. The highest BCUT2D eigenvalue weighted by atomic mass is 19.4. The number of allylic oxidation sites excluding steroid dienone is 1. The third-order valence-corrected chi connectivity index (χ3v) is 4.19. The highest BCUT2D eigenvalue weighted by molar-refractivity contribution is 5.93. The van der Waals surface area contributed by atoms with Crippen LogP contribution in [-0.2, 0) is 4.79 Å². The van der Waals surface area contributed by atoms with Gasteiger partial charge in [-0.05, 0) is 18.6 Å². The van der Waals surface area contributed by atoms with Crippen molar-refractivity contribution in [1.82, 2.24) is 9.55 Å². The predicted molar refractivity (Wildman–Crippen MR) is 93.1 cm³/mol. The van der Waals surface area contributed by atoms with Crippen LogP contribution >= 0.6 is 0 Å². The summed E-state index contributed by atoms with van der Waals surface area (Å²) < 4.78 is 54.6. The molecule has 2 aromatic rings. The number of anilines is 1. The second-order valence-electron chi connectivity index (χ2n) is 6.73. The van der Waals surface area contributed by atoms with Crippen molar-refractivity contribution in [2.45, 2.75) is 39.8 Å². The van der Waals surface area contributed by atoms with Crippen molar-refractivity contribution >= 4 is 28.6 Å². The molecule has 5 nitrogen and oxygen atoms in total. The molecule has 1 N–H and O–H groups in total. The van der Waals surface area contributed by atoms with Crippen molar-refractivity contribution in [3.05, 3.63) is 30.1 Å². The predicted octanol–water partition coefficient (Wildman–Crippen LogP) is 4.84. The zero-order valence-electron chi connectivity index (χ0n) is 15.0. The molecule has 0 aliphatic heterocycles. The number of hydrogen-bond acceptors (Lipinski definition) is 3. The second-order valence-corrected chi connectivity index (χ2v) is 6.73. The quantitative estimate of drug-likeness (QED) is 0.752. The summed E-state index contributed by atoms with van der Waals surface area (Å²) in [5.74, 6) is -1.84. The average Bonchev–Trinajstić information content (AvgIpc) is 2.90. The average molecular weight is 382 g/mol. The first kappa shape index (κ1) is 20.4. The van der Waals surface area contributed by atoms with Crippen LogP contribution in [0.4, 0.5) is 23.5 Å². The summed E-state index contributed by atoms with van der Waals surface area (Å²) in [4.78, 5) is 16.2. The largest absolute Gasteiger partial charge is 0.394 e. The van der Waals surface area contributed by atoms with Gasteiger partial charge in [0.1, 0.15) is 5.52 Å². The Morgan fingerprint density at radius 2 is 2.00 bits per heavy atom. The lowest BCUT2D eigenvalue weighted by Crippen LogP contribution is -2.36. The molecule has 144 valence electrons. The number of hydrogen-bond donors (Lipinski definition) is 1. The van der Waals surface area contributed by atoms with E-state index in [9.17, 15) is 22.4 Å². The smallest absolute Gasteiger partial charge is 0.296 e. The Balaban J connectivity index is 2.49. The van der Waals surface area contributed by atoms with Crippen molar-refractivity contribution in [1.29, 1.82) is 5.26 Å². The molecule has 0 saturated carbocycles. The van der Waals surface area contributed by atoms with Crippen LogP contribution in [0.3, 0.4) is 0 Å². The van der Waals surface area contributed by atoms with Crippen LogP contribution in [0.1, 0.15) is 39.2 Å². The van der Waals surface area contributed by atoms with Gasteiger partial charge in [-0.2, -0.15) is 18.4 Å². The summed E-state index contributed by atoms with van der Waals surface area (Å²) in [6.45, 7) is 7.41. The third kappa shape index (κ3) is 3.94. The van der Waals surface area contributed by atoms with Gasteiger partial charge in [0.2, 0.25) is 11.9 Å². The van der Waals surface area contributed by atoms with Gasteiger partial charge in [0, 0.05) is 12.1 Å². The first-order chi connectivity index (χ1) is 12.4. The van der Waals surface area contributed by atoms with Gasteiger partial charge in [-0.1, -0.05) is 27.4 Å². The Hall–Kier alpha value is -2.89. The number of nitriles is 1. The molecule has 0 aliphatic carbocycles. The molecule has 0 aliphatic rings. The van der Waals surface area contributed by atoms with E-state index in [0.717, 1.165) is 19.9 Å². The summed E-state index contributed by atoms with van der Waals surface area (Å²) in [5, 5.41) is 11.3. The number of fused-ring (bicyclic) bond motifs is 1. The van der Waals surface area contributed by atoms with Crippen molar-refractivity contribution in [2.75, 3.05) is 5.32 Å². The number of imidazole rings is 1.